The summed E-state index contributed by atoms with van der Waals surface area (Å²) >= 11 is 0. The topological polar surface area (TPSA) is 159 Å². The fraction of sp³-hybridized carbons (Fsp3) is 0.438. The minimum atomic E-state index is -1.63. The van der Waals surface area contributed by atoms with Gasteiger partial charge >= 0.3 is 5.63 Å². The molecule has 1 aliphatic heterocycles. The van der Waals surface area contributed by atoms with Crippen LogP contribution in [0.15, 0.2) is 27.4 Å². The monoisotopic (exact) mass is 370 g/mol. The highest BCUT2D eigenvalue weighted by molar-refractivity contribution is 5.90. The molecule has 2 heterocycles. The SMILES string of the molecule is COc1cc(OC2OC(CO)C(O)C(O)C2O)c2ccc(=O)oc2c1O. The molecule has 0 radical (unpaired) electrons. The molecule has 1 aliphatic rings. The van der Waals surface area contributed by atoms with E-state index in [0.29, 0.717) is 0 Å². The van der Waals surface area contributed by atoms with Gasteiger partial charge in [-0.2, -0.15) is 0 Å². The number of aliphatic hydroxyl groups is 4. The predicted molar refractivity (Wildman–Crippen MR) is 85.1 cm³/mol. The average Bonchev–Trinajstić information content (AvgIpc) is 2.64. The average molecular weight is 370 g/mol. The molecule has 10 nitrogen and oxygen atoms in total. The molecule has 0 bridgehead atoms. The van der Waals surface area contributed by atoms with E-state index in [1.807, 2.05) is 0 Å². The van der Waals surface area contributed by atoms with Gasteiger partial charge in [-0.25, -0.2) is 4.79 Å². The molecular formula is C16H18O10. The van der Waals surface area contributed by atoms with Crippen LogP contribution in [0.5, 0.6) is 17.2 Å². The molecule has 5 N–H and O–H groups in total. The number of phenols is 1. The largest absolute Gasteiger partial charge is 0.502 e. The summed E-state index contributed by atoms with van der Waals surface area (Å²) in [6.45, 7) is -0.612. The Labute approximate surface area is 146 Å². The highest BCUT2D eigenvalue weighted by Gasteiger charge is 2.45. The third kappa shape index (κ3) is 3.08. The number of ether oxygens (including phenoxy) is 3. The van der Waals surface area contributed by atoms with Crippen molar-refractivity contribution in [2.45, 2.75) is 30.7 Å². The zero-order chi connectivity index (χ0) is 19.0. The molecule has 5 atom stereocenters. The normalized spacial score (nSPS) is 28.9. The number of rotatable bonds is 4. The van der Waals surface area contributed by atoms with Crippen molar-refractivity contribution in [1.29, 1.82) is 0 Å². The Morgan fingerprint density at radius 2 is 1.85 bits per heavy atom. The zero-order valence-electron chi connectivity index (χ0n) is 13.6. The summed E-state index contributed by atoms with van der Waals surface area (Å²) in [7, 11) is 1.28. The molecule has 1 fully saturated rings. The fourth-order valence-electron chi connectivity index (χ4n) is 2.71. The van der Waals surface area contributed by atoms with E-state index in [9.17, 15) is 30.3 Å². The first-order valence-electron chi connectivity index (χ1n) is 7.68. The van der Waals surface area contributed by atoms with Gasteiger partial charge in [0.05, 0.1) is 19.1 Å². The lowest BCUT2D eigenvalue weighted by Crippen LogP contribution is -2.60. The van der Waals surface area contributed by atoms with E-state index in [1.54, 1.807) is 0 Å². The lowest BCUT2D eigenvalue weighted by molar-refractivity contribution is -0.277. The summed E-state index contributed by atoms with van der Waals surface area (Å²) in [6, 6.07) is 3.72. The quantitative estimate of drug-likeness (QED) is 0.409. The smallest absolute Gasteiger partial charge is 0.336 e. The van der Waals surface area contributed by atoms with Crippen molar-refractivity contribution in [3.8, 4) is 17.2 Å². The molecular weight excluding hydrogens is 352 g/mol. The van der Waals surface area contributed by atoms with Crippen LogP contribution in [0.1, 0.15) is 0 Å². The summed E-state index contributed by atoms with van der Waals surface area (Å²) in [5, 5.41) is 49.3. The summed E-state index contributed by atoms with van der Waals surface area (Å²) in [5.74, 6) is -0.462. The highest BCUT2D eigenvalue weighted by Crippen LogP contribution is 2.41. The molecule has 0 saturated carbocycles. The van der Waals surface area contributed by atoms with Gasteiger partial charge in [0.15, 0.2) is 11.3 Å². The molecule has 1 aromatic heterocycles. The fourth-order valence-corrected chi connectivity index (χ4v) is 2.71. The number of aliphatic hydroxyl groups excluding tert-OH is 4. The molecule has 0 amide bonds. The van der Waals surface area contributed by atoms with Crippen LogP contribution in [0.3, 0.4) is 0 Å². The van der Waals surface area contributed by atoms with Crippen LogP contribution in [0, 0.1) is 0 Å². The van der Waals surface area contributed by atoms with E-state index in [1.165, 1.54) is 19.2 Å². The Hall–Kier alpha value is -2.37. The Balaban J connectivity index is 2.03. The van der Waals surface area contributed by atoms with E-state index in [2.05, 4.69) is 0 Å². The van der Waals surface area contributed by atoms with Gasteiger partial charge in [-0.1, -0.05) is 0 Å². The third-order valence-corrected chi connectivity index (χ3v) is 4.12. The number of fused-ring (bicyclic) bond motifs is 1. The third-order valence-electron chi connectivity index (χ3n) is 4.12. The van der Waals surface area contributed by atoms with Gasteiger partial charge in [-0.3, -0.25) is 0 Å². The van der Waals surface area contributed by atoms with E-state index >= 15 is 0 Å². The Morgan fingerprint density at radius 3 is 2.50 bits per heavy atom. The number of methoxy groups -OCH3 is 1. The van der Waals surface area contributed by atoms with Gasteiger partial charge in [0.2, 0.25) is 12.0 Å². The van der Waals surface area contributed by atoms with Crippen LogP contribution in [-0.2, 0) is 4.74 Å². The maximum Gasteiger partial charge on any atom is 0.336 e. The van der Waals surface area contributed by atoms with Crippen molar-refractivity contribution in [3.63, 3.8) is 0 Å². The molecule has 3 rings (SSSR count). The number of aromatic hydroxyl groups is 1. The Bertz CT molecular complexity index is 845. The molecule has 2 aromatic rings. The predicted octanol–water partition coefficient (Wildman–Crippen LogP) is -1.31. The van der Waals surface area contributed by atoms with Crippen molar-refractivity contribution in [2.24, 2.45) is 0 Å². The first-order valence-corrected chi connectivity index (χ1v) is 7.68. The van der Waals surface area contributed by atoms with Crippen molar-refractivity contribution in [3.05, 3.63) is 28.6 Å². The zero-order valence-corrected chi connectivity index (χ0v) is 13.6. The van der Waals surface area contributed by atoms with Gasteiger partial charge < -0.3 is 44.2 Å². The summed E-state index contributed by atoms with van der Waals surface area (Å²) in [4.78, 5) is 11.4. The molecule has 1 saturated heterocycles. The number of benzene rings is 1. The number of phenolic OH excluding ortho intramolecular Hbond substituents is 1. The highest BCUT2D eigenvalue weighted by atomic mass is 16.7. The summed E-state index contributed by atoms with van der Waals surface area (Å²) in [5.41, 5.74) is -0.906. The van der Waals surface area contributed by atoms with Crippen LogP contribution in [0.4, 0.5) is 0 Å². The van der Waals surface area contributed by atoms with Gasteiger partial charge in [-0.15, -0.1) is 0 Å². The minimum absolute atomic E-state index is 0.0164. The van der Waals surface area contributed by atoms with E-state index < -0.39 is 48.7 Å². The van der Waals surface area contributed by atoms with E-state index in [4.69, 9.17) is 18.6 Å². The van der Waals surface area contributed by atoms with Crippen LogP contribution < -0.4 is 15.1 Å². The van der Waals surface area contributed by atoms with Crippen LogP contribution in [0.2, 0.25) is 0 Å². The molecule has 0 spiro atoms. The van der Waals surface area contributed by atoms with Crippen LogP contribution in [0.25, 0.3) is 11.0 Å². The maximum atomic E-state index is 11.4. The molecule has 10 heteroatoms. The molecule has 26 heavy (non-hydrogen) atoms. The Kier molecular flexibility index (Phi) is 5.03. The first-order chi connectivity index (χ1) is 12.4. The first kappa shape index (κ1) is 18.4. The van der Waals surface area contributed by atoms with Gasteiger partial charge in [0, 0.05) is 12.1 Å². The lowest BCUT2D eigenvalue weighted by Gasteiger charge is -2.39. The van der Waals surface area contributed by atoms with Crippen molar-refractivity contribution >= 4 is 11.0 Å². The minimum Gasteiger partial charge on any atom is -0.502 e. The van der Waals surface area contributed by atoms with Crippen molar-refractivity contribution in [1.82, 2.24) is 0 Å². The Morgan fingerprint density at radius 1 is 1.12 bits per heavy atom. The lowest BCUT2D eigenvalue weighted by atomic mass is 9.99. The van der Waals surface area contributed by atoms with Gasteiger partial charge in [0.25, 0.3) is 0 Å². The van der Waals surface area contributed by atoms with Crippen molar-refractivity contribution in [2.75, 3.05) is 13.7 Å². The number of hydrogen-bond donors (Lipinski definition) is 5. The second kappa shape index (κ2) is 7.09. The van der Waals surface area contributed by atoms with Gasteiger partial charge in [0.1, 0.15) is 30.2 Å². The van der Waals surface area contributed by atoms with Crippen molar-refractivity contribution < 1.29 is 44.2 Å². The second-order valence-electron chi connectivity index (χ2n) is 5.74. The summed E-state index contributed by atoms with van der Waals surface area (Å²) < 4.78 is 20.8. The molecule has 1 aromatic carbocycles. The molecule has 142 valence electrons. The molecule has 5 unspecified atom stereocenters. The number of hydrogen-bond acceptors (Lipinski definition) is 10. The second-order valence-corrected chi connectivity index (χ2v) is 5.74. The van der Waals surface area contributed by atoms with E-state index in [-0.39, 0.29) is 22.5 Å². The van der Waals surface area contributed by atoms with Crippen LogP contribution in [-0.4, -0.2) is 70.0 Å². The van der Waals surface area contributed by atoms with Gasteiger partial charge in [-0.05, 0) is 6.07 Å². The maximum absolute atomic E-state index is 11.4. The van der Waals surface area contributed by atoms with E-state index in [0.717, 1.165) is 6.07 Å². The summed E-state index contributed by atoms with van der Waals surface area (Å²) in [6.07, 6.45) is -7.37. The standard InChI is InChI=1S/C16H18O10/c1-23-8-4-7(6-2-3-10(18)26-15(6)12(8)20)24-16-14(22)13(21)11(19)9(5-17)25-16/h2-4,9,11,13-14,16-17,19-22H,5H2,1H3. The molecule has 0 aliphatic carbocycles. The van der Waals surface area contributed by atoms with Crippen LogP contribution >= 0.6 is 0 Å².